The van der Waals surface area contributed by atoms with Crippen LogP contribution in [0, 0.1) is 12.3 Å². The Morgan fingerprint density at radius 2 is 2.56 bits per heavy atom. The fourth-order valence-corrected chi connectivity index (χ4v) is 1.77. The minimum atomic E-state index is -0.323. The Labute approximate surface area is 99.0 Å². The van der Waals surface area contributed by atoms with Crippen LogP contribution in [0.2, 0.25) is 0 Å². The summed E-state index contributed by atoms with van der Waals surface area (Å²) >= 11 is 1.29. The third kappa shape index (κ3) is 3.91. The van der Waals surface area contributed by atoms with E-state index >= 15 is 0 Å². The van der Waals surface area contributed by atoms with Crippen LogP contribution in [0.1, 0.15) is 29.4 Å². The van der Waals surface area contributed by atoms with Crippen molar-refractivity contribution in [1.29, 1.82) is 0 Å². The zero-order chi connectivity index (χ0) is 11.8. The Balaban J connectivity index is 2.39. The molecule has 0 saturated heterocycles. The molecule has 1 aromatic heterocycles. The number of thiazole rings is 1. The van der Waals surface area contributed by atoms with Gasteiger partial charge in [0, 0.05) is 13.0 Å². The van der Waals surface area contributed by atoms with E-state index in [1.807, 2.05) is 0 Å². The van der Waals surface area contributed by atoms with E-state index in [1.165, 1.54) is 17.5 Å². The van der Waals surface area contributed by atoms with Crippen LogP contribution in [0.15, 0.2) is 6.20 Å². The highest BCUT2D eigenvalue weighted by atomic mass is 32.1. The van der Waals surface area contributed by atoms with Crippen LogP contribution >= 0.6 is 11.3 Å². The fraction of sp³-hybridized carbons (Fsp3) is 0.455. The van der Waals surface area contributed by atoms with Gasteiger partial charge in [-0.2, -0.15) is 0 Å². The van der Waals surface area contributed by atoms with Gasteiger partial charge in [-0.15, -0.1) is 12.3 Å². The SMILES string of the molecule is C#CCCCNc1ncc(C(=O)OCC)s1. The second-order valence-electron chi connectivity index (χ2n) is 2.98. The number of unbranched alkanes of at least 4 members (excludes halogenated alkanes) is 1. The molecule has 0 amide bonds. The zero-order valence-corrected chi connectivity index (χ0v) is 9.97. The van der Waals surface area contributed by atoms with Gasteiger partial charge < -0.3 is 10.1 Å². The van der Waals surface area contributed by atoms with Crippen LogP contribution in [-0.2, 0) is 4.74 Å². The smallest absolute Gasteiger partial charge is 0.350 e. The molecule has 0 aliphatic rings. The topological polar surface area (TPSA) is 51.2 Å². The van der Waals surface area contributed by atoms with E-state index in [0.717, 1.165) is 24.5 Å². The highest BCUT2D eigenvalue weighted by molar-refractivity contribution is 7.17. The first kappa shape index (κ1) is 12.5. The average molecular weight is 238 g/mol. The average Bonchev–Trinajstić information content (AvgIpc) is 2.73. The molecule has 5 heteroatoms. The van der Waals surface area contributed by atoms with Crippen LogP contribution in [0.4, 0.5) is 5.13 Å². The summed E-state index contributed by atoms with van der Waals surface area (Å²) in [5.41, 5.74) is 0. The maximum Gasteiger partial charge on any atom is 0.350 e. The van der Waals surface area contributed by atoms with Gasteiger partial charge in [0.15, 0.2) is 5.13 Å². The molecule has 4 nitrogen and oxygen atoms in total. The molecule has 0 aliphatic heterocycles. The summed E-state index contributed by atoms with van der Waals surface area (Å²) in [7, 11) is 0. The molecule has 1 N–H and O–H groups in total. The molecular weight excluding hydrogens is 224 g/mol. The van der Waals surface area contributed by atoms with Crippen molar-refractivity contribution in [1.82, 2.24) is 4.98 Å². The van der Waals surface area contributed by atoms with Gasteiger partial charge >= 0.3 is 5.97 Å². The molecule has 16 heavy (non-hydrogen) atoms. The Morgan fingerprint density at radius 3 is 3.25 bits per heavy atom. The third-order valence-corrected chi connectivity index (χ3v) is 2.69. The summed E-state index contributed by atoms with van der Waals surface area (Å²) in [6.07, 6.45) is 8.29. The number of aromatic nitrogens is 1. The number of carbonyl (C=O) groups is 1. The first-order chi connectivity index (χ1) is 7.77. The van der Waals surface area contributed by atoms with Crippen molar-refractivity contribution < 1.29 is 9.53 Å². The van der Waals surface area contributed by atoms with Crippen LogP contribution in [0.5, 0.6) is 0 Å². The van der Waals surface area contributed by atoms with Crippen molar-refractivity contribution in [3.05, 3.63) is 11.1 Å². The van der Waals surface area contributed by atoms with Crippen molar-refractivity contribution in [3.8, 4) is 12.3 Å². The Morgan fingerprint density at radius 1 is 1.75 bits per heavy atom. The maximum absolute atomic E-state index is 11.3. The molecule has 0 radical (unpaired) electrons. The van der Waals surface area contributed by atoms with Gasteiger partial charge in [0.2, 0.25) is 0 Å². The van der Waals surface area contributed by atoms with Crippen molar-refractivity contribution in [2.45, 2.75) is 19.8 Å². The highest BCUT2D eigenvalue weighted by Gasteiger charge is 2.10. The standard InChI is InChI=1S/C11H14N2O2S/c1-3-5-6-7-12-11-13-8-9(16-11)10(14)15-4-2/h1,8H,4-7H2,2H3,(H,12,13). The van der Waals surface area contributed by atoms with Gasteiger partial charge in [-0.1, -0.05) is 11.3 Å². The summed E-state index contributed by atoms with van der Waals surface area (Å²) < 4.78 is 4.86. The molecule has 1 rings (SSSR count). The first-order valence-corrected chi connectivity index (χ1v) is 5.90. The number of esters is 1. The van der Waals surface area contributed by atoms with Gasteiger partial charge in [-0.3, -0.25) is 0 Å². The van der Waals surface area contributed by atoms with Crippen LogP contribution in [0.25, 0.3) is 0 Å². The Kier molecular flexibility index (Phi) is 5.37. The number of ether oxygens (including phenoxy) is 1. The van der Waals surface area contributed by atoms with E-state index in [9.17, 15) is 4.79 Å². The number of hydrogen-bond acceptors (Lipinski definition) is 5. The lowest BCUT2D eigenvalue weighted by Gasteiger charge is -1.99. The molecule has 0 aliphatic carbocycles. The van der Waals surface area contributed by atoms with Gasteiger partial charge in [0.25, 0.3) is 0 Å². The number of carbonyl (C=O) groups excluding carboxylic acids is 1. The Hall–Kier alpha value is -1.54. The molecule has 0 fully saturated rings. The lowest BCUT2D eigenvalue weighted by Crippen LogP contribution is -2.01. The van der Waals surface area contributed by atoms with Crippen molar-refractivity contribution >= 4 is 22.4 Å². The second kappa shape index (κ2) is 6.85. The van der Waals surface area contributed by atoms with Gasteiger partial charge in [0.05, 0.1) is 12.8 Å². The molecule has 1 heterocycles. The second-order valence-corrected chi connectivity index (χ2v) is 4.02. The number of anilines is 1. The van der Waals surface area contributed by atoms with E-state index in [-0.39, 0.29) is 5.97 Å². The fourth-order valence-electron chi connectivity index (χ4n) is 1.04. The van der Waals surface area contributed by atoms with Crippen LogP contribution in [0.3, 0.4) is 0 Å². The number of terminal acetylenes is 1. The van der Waals surface area contributed by atoms with Crippen LogP contribution < -0.4 is 5.32 Å². The van der Waals surface area contributed by atoms with Crippen molar-refractivity contribution in [2.24, 2.45) is 0 Å². The molecule has 0 bridgehead atoms. The molecular formula is C11H14N2O2S. The lowest BCUT2D eigenvalue weighted by atomic mass is 10.3. The Bertz CT molecular complexity index is 382. The van der Waals surface area contributed by atoms with E-state index in [4.69, 9.17) is 11.2 Å². The number of hydrogen-bond donors (Lipinski definition) is 1. The molecule has 0 atom stereocenters. The molecule has 0 aromatic carbocycles. The third-order valence-electron chi connectivity index (χ3n) is 1.76. The molecule has 86 valence electrons. The quantitative estimate of drug-likeness (QED) is 0.468. The van der Waals surface area contributed by atoms with Crippen LogP contribution in [-0.4, -0.2) is 24.1 Å². The number of rotatable bonds is 6. The van der Waals surface area contributed by atoms with Gasteiger partial charge in [0.1, 0.15) is 4.88 Å². The lowest BCUT2D eigenvalue weighted by molar-refractivity contribution is 0.0532. The first-order valence-electron chi connectivity index (χ1n) is 5.08. The summed E-state index contributed by atoms with van der Waals surface area (Å²) in [5, 5.41) is 3.82. The minimum absolute atomic E-state index is 0.323. The number of nitrogens with one attached hydrogen (secondary N) is 1. The predicted molar refractivity (Wildman–Crippen MR) is 64.6 cm³/mol. The monoisotopic (exact) mass is 238 g/mol. The number of nitrogens with zero attached hydrogens (tertiary/aromatic N) is 1. The largest absolute Gasteiger partial charge is 0.462 e. The van der Waals surface area contributed by atoms with E-state index in [2.05, 4.69) is 16.2 Å². The van der Waals surface area contributed by atoms with Crippen molar-refractivity contribution in [3.63, 3.8) is 0 Å². The molecule has 0 saturated carbocycles. The van der Waals surface area contributed by atoms with Gasteiger partial charge in [-0.25, -0.2) is 9.78 Å². The normalized spacial score (nSPS) is 9.50. The van der Waals surface area contributed by atoms with E-state index in [1.54, 1.807) is 6.92 Å². The van der Waals surface area contributed by atoms with E-state index in [0.29, 0.717) is 11.5 Å². The minimum Gasteiger partial charge on any atom is -0.462 e. The molecule has 0 spiro atoms. The predicted octanol–water partition coefficient (Wildman–Crippen LogP) is 2.15. The van der Waals surface area contributed by atoms with E-state index < -0.39 is 0 Å². The molecule has 1 aromatic rings. The summed E-state index contributed by atoms with van der Waals surface area (Å²) in [5.74, 6) is 2.24. The maximum atomic E-state index is 11.3. The summed E-state index contributed by atoms with van der Waals surface area (Å²) in [6.45, 7) is 2.92. The summed E-state index contributed by atoms with van der Waals surface area (Å²) in [4.78, 5) is 15.9. The zero-order valence-electron chi connectivity index (χ0n) is 9.16. The molecule has 0 unspecified atom stereocenters. The van der Waals surface area contributed by atoms with Crippen molar-refractivity contribution in [2.75, 3.05) is 18.5 Å². The summed E-state index contributed by atoms with van der Waals surface area (Å²) in [6, 6.07) is 0. The highest BCUT2D eigenvalue weighted by Crippen LogP contribution is 2.18. The van der Waals surface area contributed by atoms with Gasteiger partial charge in [-0.05, 0) is 13.3 Å².